The molecule has 17 heavy (non-hydrogen) atoms. The quantitative estimate of drug-likeness (QED) is 0.889. The number of nitrogens with two attached hydrogens (primary N) is 1. The van der Waals surface area contributed by atoms with E-state index in [1.165, 1.54) is 0 Å². The molecule has 0 saturated carbocycles. The molecule has 0 aromatic heterocycles. The Labute approximate surface area is 106 Å². The highest BCUT2D eigenvalue weighted by atomic mass is 35.5. The Kier molecular flexibility index (Phi) is 4.36. The van der Waals surface area contributed by atoms with E-state index in [1.807, 2.05) is 13.8 Å². The van der Waals surface area contributed by atoms with Gasteiger partial charge in [-0.25, -0.2) is 0 Å². The summed E-state index contributed by atoms with van der Waals surface area (Å²) in [5.74, 6) is -0.442. The summed E-state index contributed by atoms with van der Waals surface area (Å²) in [5, 5.41) is 9.56. The number of carbonyl (C=O) groups is 1. The van der Waals surface area contributed by atoms with Crippen molar-refractivity contribution < 1.29 is 4.79 Å². The number of anilines is 1. The summed E-state index contributed by atoms with van der Waals surface area (Å²) < 4.78 is 0. The van der Waals surface area contributed by atoms with Crippen molar-refractivity contribution in [3.05, 3.63) is 28.8 Å². The summed E-state index contributed by atoms with van der Waals surface area (Å²) in [4.78, 5) is 12.8. The first-order valence-corrected chi connectivity index (χ1v) is 5.58. The first-order valence-electron chi connectivity index (χ1n) is 5.20. The Hall–Kier alpha value is -1.73. The fraction of sp³-hybridized carbons (Fsp3) is 0.333. The monoisotopic (exact) mass is 251 g/mol. The van der Waals surface area contributed by atoms with Crippen LogP contribution >= 0.6 is 11.6 Å². The molecule has 1 aromatic carbocycles. The van der Waals surface area contributed by atoms with Crippen LogP contribution in [0.3, 0.4) is 0 Å². The number of hydrogen-bond donors (Lipinski definition) is 1. The van der Waals surface area contributed by atoms with Crippen LogP contribution in [0.4, 0.5) is 5.69 Å². The molecule has 0 saturated heterocycles. The van der Waals surface area contributed by atoms with E-state index in [4.69, 9.17) is 22.6 Å². The highest BCUT2D eigenvalue weighted by molar-refractivity contribution is 6.30. The number of nitrogens with zero attached hydrogens (tertiary/aromatic N) is 2. The number of halogens is 1. The minimum atomic E-state index is -0.442. The van der Waals surface area contributed by atoms with E-state index in [0.29, 0.717) is 16.3 Å². The second-order valence-electron chi connectivity index (χ2n) is 3.96. The van der Waals surface area contributed by atoms with Gasteiger partial charge in [-0.05, 0) is 32.0 Å². The van der Waals surface area contributed by atoms with Crippen LogP contribution in [0.5, 0.6) is 0 Å². The molecule has 0 atom stereocenters. The van der Waals surface area contributed by atoms with E-state index >= 15 is 0 Å². The molecule has 5 heteroatoms. The van der Waals surface area contributed by atoms with Crippen molar-refractivity contribution in [3.63, 3.8) is 0 Å². The van der Waals surface area contributed by atoms with Crippen LogP contribution in [0.25, 0.3) is 0 Å². The number of amides is 1. The number of rotatable bonds is 4. The first-order chi connectivity index (χ1) is 7.95. The fourth-order valence-corrected chi connectivity index (χ4v) is 1.72. The summed E-state index contributed by atoms with van der Waals surface area (Å²) in [6.45, 7) is 3.91. The van der Waals surface area contributed by atoms with Gasteiger partial charge in [0.15, 0.2) is 0 Å². The summed E-state index contributed by atoms with van der Waals surface area (Å²) >= 11 is 5.91. The van der Waals surface area contributed by atoms with Crippen LogP contribution in [0.15, 0.2) is 18.2 Å². The van der Waals surface area contributed by atoms with Crippen molar-refractivity contribution in [2.45, 2.75) is 19.9 Å². The summed E-state index contributed by atoms with van der Waals surface area (Å²) in [6.07, 6.45) is 0. The largest absolute Gasteiger partial charge is 0.368 e. The van der Waals surface area contributed by atoms with E-state index < -0.39 is 5.91 Å². The topological polar surface area (TPSA) is 70.1 Å². The maximum absolute atomic E-state index is 11.0. The molecule has 0 unspecified atom stereocenters. The molecule has 0 spiro atoms. The van der Waals surface area contributed by atoms with Crippen LogP contribution in [-0.4, -0.2) is 18.5 Å². The van der Waals surface area contributed by atoms with E-state index in [2.05, 4.69) is 6.07 Å². The zero-order valence-electron chi connectivity index (χ0n) is 9.77. The number of hydrogen-bond acceptors (Lipinski definition) is 3. The molecule has 0 aliphatic heterocycles. The molecular formula is C12H14ClN3O. The van der Waals surface area contributed by atoms with Crippen molar-refractivity contribution in [1.82, 2.24) is 0 Å². The molecule has 1 aromatic rings. The van der Waals surface area contributed by atoms with Gasteiger partial charge in [0.25, 0.3) is 0 Å². The second kappa shape index (κ2) is 5.55. The third kappa shape index (κ3) is 3.36. The third-order valence-electron chi connectivity index (χ3n) is 2.34. The smallest absolute Gasteiger partial charge is 0.236 e. The Morgan fingerprint density at radius 3 is 2.71 bits per heavy atom. The molecule has 0 aliphatic carbocycles. The molecule has 0 radical (unpaired) electrons. The summed E-state index contributed by atoms with van der Waals surface area (Å²) in [7, 11) is 0. The van der Waals surface area contributed by atoms with Crippen LogP contribution < -0.4 is 10.6 Å². The maximum atomic E-state index is 11.0. The predicted octanol–water partition coefficient (Wildman–Crippen LogP) is 1.91. The van der Waals surface area contributed by atoms with Crippen molar-refractivity contribution in [1.29, 1.82) is 5.26 Å². The lowest BCUT2D eigenvalue weighted by Gasteiger charge is -2.28. The molecular weight excluding hydrogens is 238 g/mol. The first kappa shape index (κ1) is 13.3. The number of carbonyl (C=O) groups excluding carboxylic acids is 1. The molecule has 1 rings (SSSR count). The molecule has 0 aliphatic rings. The van der Waals surface area contributed by atoms with Gasteiger partial charge in [-0.2, -0.15) is 5.26 Å². The van der Waals surface area contributed by atoms with Crippen LogP contribution in [0.2, 0.25) is 5.02 Å². The molecule has 4 nitrogen and oxygen atoms in total. The number of nitriles is 1. The molecule has 0 fully saturated rings. The molecule has 2 N–H and O–H groups in total. The normalized spacial score (nSPS) is 10.1. The van der Waals surface area contributed by atoms with Crippen LogP contribution in [0.1, 0.15) is 19.4 Å². The second-order valence-corrected chi connectivity index (χ2v) is 4.40. The SMILES string of the molecule is CC(C)N(CC(N)=O)c1cc(Cl)ccc1C#N. The molecule has 1 amide bonds. The molecule has 0 heterocycles. The van der Waals surface area contributed by atoms with Gasteiger partial charge in [0.2, 0.25) is 5.91 Å². The minimum absolute atomic E-state index is 0.0491. The Morgan fingerprint density at radius 2 is 2.24 bits per heavy atom. The van der Waals surface area contributed by atoms with E-state index in [-0.39, 0.29) is 12.6 Å². The van der Waals surface area contributed by atoms with Gasteiger partial charge < -0.3 is 10.6 Å². The van der Waals surface area contributed by atoms with E-state index in [0.717, 1.165) is 0 Å². The Morgan fingerprint density at radius 1 is 1.59 bits per heavy atom. The van der Waals surface area contributed by atoms with Gasteiger partial charge in [-0.1, -0.05) is 11.6 Å². The van der Waals surface area contributed by atoms with Crippen molar-refractivity contribution in [2.24, 2.45) is 5.73 Å². The summed E-state index contributed by atoms with van der Waals surface area (Å²) in [5.41, 5.74) is 6.31. The zero-order valence-corrected chi connectivity index (χ0v) is 10.5. The maximum Gasteiger partial charge on any atom is 0.236 e. The van der Waals surface area contributed by atoms with Gasteiger partial charge in [0, 0.05) is 11.1 Å². The van der Waals surface area contributed by atoms with Crippen molar-refractivity contribution in [3.8, 4) is 6.07 Å². The van der Waals surface area contributed by atoms with E-state index in [1.54, 1.807) is 23.1 Å². The van der Waals surface area contributed by atoms with Gasteiger partial charge in [-0.3, -0.25) is 4.79 Å². The Bertz CT molecular complexity index is 465. The summed E-state index contributed by atoms with van der Waals surface area (Å²) in [6, 6.07) is 7.08. The van der Waals surface area contributed by atoms with Gasteiger partial charge in [-0.15, -0.1) is 0 Å². The van der Waals surface area contributed by atoms with Crippen LogP contribution in [-0.2, 0) is 4.79 Å². The number of benzene rings is 1. The fourth-order valence-electron chi connectivity index (χ4n) is 1.55. The van der Waals surface area contributed by atoms with Gasteiger partial charge in [0.1, 0.15) is 6.07 Å². The molecule has 90 valence electrons. The minimum Gasteiger partial charge on any atom is -0.368 e. The Balaban J connectivity index is 3.22. The average molecular weight is 252 g/mol. The lowest BCUT2D eigenvalue weighted by molar-refractivity contribution is -0.116. The lowest BCUT2D eigenvalue weighted by Crippen LogP contribution is -2.39. The van der Waals surface area contributed by atoms with Crippen molar-refractivity contribution in [2.75, 3.05) is 11.4 Å². The van der Waals surface area contributed by atoms with Gasteiger partial charge >= 0.3 is 0 Å². The van der Waals surface area contributed by atoms with Gasteiger partial charge in [0.05, 0.1) is 17.8 Å². The van der Waals surface area contributed by atoms with E-state index in [9.17, 15) is 4.79 Å². The highest BCUT2D eigenvalue weighted by Crippen LogP contribution is 2.25. The number of primary amides is 1. The molecule has 0 bridgehead atoms. The zero-order chi connectivity index (χ0) is 13.0. The average Bonchev–Trinajstić information content (AvgIpc) is 2.25. The van der Waals surface area contributed by atoms with Crippen molar-refractivity contribution >= 4 is 23.2 Å². The predicted molar refractivity (Wildman–Crippen MR) is 67.8 cm³/mol. The lowest BCUT2D eigenvalue weighted by atomic mass is 10.1. The highest BCUT2D eigenvalue weighted by Gasteiger charge is 2.16. The standard InChI is InChI=1S/C12H14ClN3O/c1-8(2)16(7-12(15)17)11-5-10(13)4-3-9(11)6-14/h3-5,8H,7H2,1-2H3,(H2,15,17). The van der Waals surface area contributed by atoms with Crippen LogP contribution in [0, 0.1) is 11.3 Å². The third-order valence-corrected chi connectivity index (χ3v) is 2.57.